The first-order valence-electron chi connectivity index (χ1n) is 5.83. The average Bonchev–Trinajstić information content (AvgIpc) is 2.78. The number of hydrogen-bond donors (Lipinski definition) is 1. The molecule has 0 aliphatic rings. The van der Waals surface area contributed by atoms with Gasteiger partial charge in [-0.05, 0) is 6.07 Å². The highest BCUT2D eigenvalue weighted by atomic mass is 32.1. The largest absolute Gasteiger partial charge is 0.375 e. The average molecular weight is 297 g/mol. The third kappa shape index (κ3) is 3.51. The van der Waals surface area contributed by atoms with Crippen LogP contribution in [0.5, 0.6) is 0 Å². The molecule has 106 valence electrons. The van der Waals surface area contributed by atoms with Crippen LogP contribution in [-0.4, -0.2) is 22.8 Å². The van der Waals surface area contributed by atoms with Crippen LogP contribution in [0.1, 0.15) is 11.3 Å². The van der Waals surface area contributed by atoms with Crippen molar-refractivity contribution in [3.8, 4) is 0 Å². The molecule has 0 aliphatic heterocycles. The van der Waals surface area contributed by atoms with Crippen LogP contribution in [0.3, 0.4) is 0 Å². The number of anilines is 1. The number of likely N-dealkylation sites (N-methyl/N-ethyl adjacent to an activating group) is 1. The fraction of sp³-hybridized carbons (Fsp3) is 0.231. The quantitative estimate of drug-likeness (QED) is 0.941. The van der Waals surface area contributed by atoms with Gasteiger partial charge in [0.25, 0.3) is 0 Å². The number of halogens is 2. The van der Waals surface area contributed by atoms with Gasteiger partial charge in [0.05, 0.1) is 12.1 Å². The highest BCUT2D eigenvalue weighted by molar-refractivity contribution is 7.13. The summed E-state index contributed by atoms with van der Waals surface area (Å²) in [6.45, 7) is 0.0740. The van der Waals surface area contributed by atoms with E-state index in [1.807, 2.05) is 0 Å². The van der Waals surface area contributed by atoms with Gasteiger partial charge in [0.2, 0.25) is 5.91 Å². The summed E-state index contributed by atoms with van der Waals surface area (Å²) in [4.78, 5) is 17.3. The molecule has 2 aromatic rings. The van der Waals surface area contributed by atoms with E-state index in [9.17, 15) is 13.6 Å². The molecule has 0 aliphatic carbocycles. The fourth-order valence-electron chi connectivity index (χ4n) is 1.69. The van der Waals surface area contributed by atoms with Crippen LogP contribution >= 0.6 is 11.3 Å². The summed E-state index contributed by atoms with van der Waals surface area (Å²) in [5.41, 5.74) is 6.34. The molecule has 1 aromatic heterocycles. The second-order valence-electron chi connectivity index (χ2n) is 4.34. The Labute approximate surface area is 118 Å². The summed E-state index contributed by atoms with van der Waals surface area (Å²) < 4.78 is 26.3. The number of hydrogen-bond acceptors (Lipinski definition) is 4. The predicted octanol–water partition coefficient (Wildman–Crippen LogP) is 2.20. The van der Waals surface area contributed by atoms with E-state index < -0.39 is 11.6 Å². The van der Waals surface area contributed by atoms with E-state index >= 15 is 0 Å². The lowest BCUT2D eigenvalue weighted by atomic mass is 10.2. The van der Waals surface area contributed by atoms with Crippen LogP contribution in [0, 0.1) is 11.6 Å². The maximum absolute atomic E-state index is 13.5. The van der Waals surface area contributed by atoms with Crippen LogP contribution in [0.4, 0.5) is 13.9 Å². The van der Waals surface area contributed by atoms with Gasteiger partial charge in [0.1, 0.15) is 11.6 Å². The smallest absolute Gasteiger partial charge is 0.228 e. The zero-order chi connectivity index (χ0) is 14.7. The minimum absolute atomic E-state index is 0.0740. The molecular weight excluding hydrogens is 284 g/mol. The molecule has 0 fully saturated rings. The zero-order valence-electron chi connectivity index (χ0n) is 10.8. The maximum atomic E-state index is 13.5. The Morgan fingerprint density at radius 1 is 1.45 bits per heavy atom. The minimum Gasteiger partial charge on any atom is -0.375 e. The van der Waals surface area contributed by atoms with Gasteiger partial charge in [-0.1, -0.05) is 6.07 Å². The Kier molecular flexibility index (Phi) is 4.29. The number of thiazole rings is 1. The molecule has 0 radical (unpaired) electrons. The molecule has 7 heteroatoms. The predicted molar refractivity (Wildman–Crippen MR) is 73.1 cm³/mol. The van der Waals surface area contributed by atoms with Crippen LogP contribution in [-0.2, 0) is 17.8 Å². The number of rotatable bonds is 4. The number of carbonyl (C=O) groups is 1. The Morgan fingerprint density at radius 2 is 2.20 bits per heavy atom. The van der Waals surface area contributed by atoms with Crippen molar-refractivity contribution in [2.45, 2.75) is 13.0 Å². The molecule has 2 N–H and O–H groups in total. The van der Waals surface area contributed by atoms with E-state index in [0.717, 1.165) is 12.1 Å². The fourth-order valence-corrected chi connectivity index (χ4v) is 2.25. The molecule has 0 atom stereocenters. The highest BCUT2D eigenvalue weighted by Gasteiger charge is 2.14. The summed E-state index contributed by atoms with van der Waals surface area (Å²) in [7, 11) is 1.56. The molecule has 1 aromatic carbocycles. The number of aromatic nitrogens is 1. The van der Waals surface area contributed by atoms with Crippen LogP contribution in [0.15, 0.2) is 23.6 Å². The molecule has 0 saturated heterocycles. The van der Waals surface area contributed by atoms with Gasteiger partial charge in [0, 0.05) is 30.6 Å². The first-order chi connectivity index (χ1) is 9.45. The Balaban J connectivity index is 2.00. The van der Waals surface area contributed by atoms with E-state index in [2.05, 4.69) is 4.98 Å². The maximum Gasteiger partial charge on any atom is 0.228 e. The Bertz CT molecular complexity index is 630. The Hall–Kier alpha value is -2.02. The Morgan fingerprint density at radius 3 is 2.80 bits per heavy atom. The molecule has 0 saturated carbocycles. The third-order valence-corrected chi connectivity index (χ3v) is 3.47. The molecule has 4 nitrogen and oxygen atoms in total. The summed E-state index contributed by atoms with van der Waals surface area (Å²) in [5.74, 6) is -1.51. The molecule has 0 spiro atoms. The lowest BCUT2D eigenvalue weighted by Crippen LogP contribution is -2.28. The van der Waals surface area contributed by atoms with E-state index in [1.165, 1.54) is 22.3 Å². The lowest BCUT2D eigenvalue weighted by Gasteiger charge is -2.17. The van der Waals surface area contributed by atoms with Gasteiger partial charge in [-0.2, -0.15) is 0 Å². The van der Waals surface area contributed by atoms with Crippen molar-refractivity contribution in [1.29, 1.82) is 0 Å². The van der Waals surface area contributed by atoms with Gasteiger partial charge in [-0.3, -0.25) is 4.79 Å². The first kappa shape index (κ1) is 14.4. The third-order valence-electron chi connectivity index (χ3n) is 2.75. The summed E-state index contributed by atoms with van der Waals surface area (Å²) in [5, 5.41) is 2.11. The van der Waals surface area contributed by atoms with E-state index in [4.69, 9.17) is 5.73 Å². The lowest BCUT2D eigenvalue weighted by molar-refractivity contribution is -0.129. The van der Waals surface area contributed by atoms with Crippen molar-refractivity contribution in [3.05, 3.63) is 46.5 Å². The van der Waals surface area contributed by atoms with E-state index in [-0.39, 0.29) is 24.4 Å². The summed E-state index contributed by atoms with van der Waals surface area (Å²) in [6, 6.07) is 3.29. The molecule has 20 heavy (non-hydrogen) atoms. The van der Waals surface area contributed by atoms with E-state index in [0.29, 0.717) is 10.8 Å². The SMILES string of the molecule is CN(Cc1ccc(F)cc1F)C(=O)Cc1csc(N)n1. The number of nitrogen functional groups attached to an aromatic ring is 1. The van der Waals surface area contributed by atoms with Gasteiger partial charge < -0.3 is 10.6 Å². The molecular formula is C13H13F2N3OS. The number of nitrogens with zero attached hydrogens (tertiary/aromatic N) is 2. The number of carbonyl (C=O) groups excluding carboxylic acids is 1. The van der Waals surface area contributed by atoms with Crippen molar-refractivity contribution in [3.63, 3.8) is 0 Å². The molecule has 2 rings (SSSR count). The first-order valence-corrected chi connectivity index (χ1v) is 6.71. The standard InChI is InChI=1S/C13H13F2N3OS/c1-18(6-8-2-3-9(14)4-11(8)15)12(19)5-10-7-20-13(16)17-10/h2-4,7H,5-6H2,1H3,(H2,16,17). The summed E-state index contributed by atoms with van der Waals surface area (Å²) in [6.07, 6.45) is 0.104. The van der Waals surface area contributed by atoms with E-state index in [1.54, 1.807) is 12.4 Å². The normalized spacial score (nSPS) is 10.6. The van der Waals surface area contributed by atoms with Crippen molar-refractivity contribution in [2.75, 3.05) is 12.8 Å². The van der Waals surface area contributed by atoms with Gasteiger partial charge in [-0.15, -0.1) is 11.3 Å². The van der Waals surface area contributed by atoms with Gasteiger partial charge in [-0.25, -0.2) is 13.8 Å². The van der Waals surface area contributed by atoms with Gasteiger partial charge >= 0.3 is 0 Å². The number of benzene rings is 1. The molecule has 1 heterocycles. The van der Waals surface area contributed by atoms with Crippen molar-refractivity contribution in [2.24, 2.45) is 0 Å². The van der Waals surface area contributed by atoms with Crippen LogP contribution in [0.2, 0.25) is 0 Å². The van der Waals surface area contributed by atoms with Gasteiger partial charge in [0.15, 0.2) is 5.13 Å². The topological polar surface area (TPSA) is 59.2 Å². The molecule has 0 unspecified atom stereocenters. The zero-order valence-corrected chi connectivity index (χ0v) is 11.6. The minimum atomic E-state index is -0.664. The van der Waals surface area contributed by atoms with Crippen LogP contribution in [0.25, 0.3) is 0 Å². The number of amides is 1. The van der Waals surface area contributed by atoms with Crippen LogP contribution < -0.4 is 5.73 Å². The monoisotopic (exact) mass is 297 g/mol. The number of nitrogens with two attached hydrogens (primary N) is 1. The second-order valence-corrected chi connectivity index (χ2v) is 5.23. The van der Waals surface area contributed by atoms with Crippen molar-refractivity contribution in [1.82, 2.24) is 9.88 Å². The van der Waals surface area contributed by atoms with Crippen molar-refractivity contribution < 1.29 is 13.6 Å². The second kappa shape index (κ2) is 5.96. The van der Waals surface area contributed by atoms with Crippen molar-refractivity contribution >= 4 is 22.4 Å². The molecule has 1 amide bonds. The highest BCUT2D eigenvalue weighted by Crippen LogP contribution is 2.14. The summed E-state index contributed by atoms with van der Waals surface area (Å²) >= 11 is 1.26. The molecule has 0 bridgehead atoms.